The van der Waals surface area contributed by atoms with Gasteiger partial charge in [0.15, 0.2) is 0 Å². The fraction of sp³-hybridized carbons (Fsp3) is 0.533. The smallest absolute Gasteiger partial charge is 0.239 e. The van der Waals surface area contributed by atoms with Crippen LogP contribution in [0, 0.1) is 6.92 Å². The predicted octanol–water partition coefficient (Wildman–Crippen LogP) is 2.04. The van der Waals surface area contributed by atoms with Crippen LogP contribution in [0.5, 0.6) is 0 Å². The molecule has 18 heavy (non-hydrogen) atoms. The zero-order valence-electron chi connectivity index (χ0n) is 11.8. The van der Waals surface area contributed by atoms with Gasteiger partial charge in [0.1, 0.15) is 0 Å². The van der Waals surface area contributed by atoms with Crippen LogP contribution in [0.1, 0.15) is 31.9 Å². The van der Waals surface area contributed by atoms with Crippen LogP contribution in [-0.2, 0) is 11.2 Å². The van der Waals surface area contributed by atoms with E-state index in [1.807, 2.05) is 32.9 Å². The molecule has 1 aromatic carbocycles. The van der Waals surface area contributed by atoms with Crippen LogP contribution >= 0.6 is 0 Å². The third kappa shape index (κ3) is 4.15. The molecule has 0 atom stereocenters. The topological polar surface area (TPSA) is 41.1 Å². The number of carbonyl (C=O) groups excluding carboxylic acids is 1. The second kappa shape index (κ2) is 6.55. The second-order valence-corrected chi connectivity index (χ2v) is 5.09. The number of rotatable bonds is 6. The molecule has 1 rings (SSSR count). The summed E-state index contributed by atoms with van der Waals surface area (Å²) in [5, 5.41) is 6.15. The molecule has 0 aliphatic carbocycles. The lowest BCUT2D eigenvalue weighted by atomic mass is 10.0. The van der Waals surface area contributed by atoms with Crippen molar-refractivity contribution in [3.63, 3.8) is 0 Å². The molecule has 0 radical (unpaired) electrons. The highest BCUT2D eigenvalue weighted by Crippen LogP contribution is 2.07. The molecule has 1 aromatic rings. The lowest BCUT2D eigenvalue weighted by Crippen LogP contribution is -2.52. The van der Waals surface area contributed by atoms with Gasteiger partial charge in [0.05, 0.1) is 5.54 Å². The van der Waals surface area contributed by atoms with Crippen LogP contribution in [0.25, 0.3) is 0 Å². The highest BCUT2D eigenvalue weighted by atomic mass is 16.2. The van der Waals surface area contributed by atoms with Crippen molar-refractivity contribution in [3.05, 3.63) is 35.4 Å². The van der Waals surface area contributed by atoms with Gasteiger partial charge in [-0.15, -0.1) is 0 Å². The Bertz CT molecular complexity index is 399. The van der Waals surface area contributed by atoms with Gasteiger partial charge in [-0.3, -0.25) is 4.79 Å². The lowest BCUT2D eigenvalue weighted by Gasteiger charge is -2.24. The van der Waals surface area contributed by atoms with Crippen molar-refractivity contribution in [2.45, 2.75) is 39.7 Å². The van der Waals surface area contributed by atoms with Gasteiger partial charge in [-0.2, -0.15) is 0 Å². The highest BCUT2D eigenvalue weighted by molar-refractivity contribution is 5.85. The van der Waals surface area contributed by atoms with Gasteiger partial charge in [0.2, 0.25) is 5.91 Å². The number of hydrogen-bond acceptors (Lipinski definition) is 2. The summed E-state index contributed by atoms with van der Waals surface area (Å²) in [7, 11) is 0. The number of carbonyl (C=O) groups is 1. The zero-order chi connectivity index (χ0) is 13.6. The molecule has 0 fully saturated rings. The fourth-order valence-corrected chi connectivity index (χ4v) is 1.94. The molecule has 0 heterocycles. The minimum atomic E-state index is -0.500. The molecule has 0 aromatic heterocycles. The molecule has 0 saturated carbocycles. The van der Waals surface area contributed by atoms with Crippen LogP contribution in [0.3, 0.4) is 0 Å². The summed E-state index contributed by atoms with van der Waals surface area (Å²) in [6.45, 7) is 9.37. The zero-order valence-corrected chi connectivity index (χ0v) is 11.8. The van der Waals surface area contributed by atoms with Crippen molar-refractivity contribution in [2.24, 2.45) is 0 Å². The molecule has 0 spiro atoms. The Kier molecular flexibility index (Phi) is 5.35. The number of likely N-dealkylation sites (N-methyl/N-ethyl adjacent to an activating group) is 1. The SMILES string of the molecule is CCNC(C)(C)C(=O)NCCc1ccccc1C. The van der Waals surface area contributed by atoms with Crippen molar-refractivity contribution in [2.75, 3.05) is 13.1 Å². The number of nitrogens with one attached hydrogen (secondary N) is 2. The van der Waals surface area contributed by atoms with Crippen LogP contribution in [0.2, 0.25) is 0 Å². The number of aryl methyl sites for hydroxylation is 1. The largest absolute Gasteiger partial charge is 0.354 e. The first-order valence-corrected chi connectivity index (χ1v) is 6.55. The summed E-state index contributed by atoms with van der Waals surface area (Å²) < 4.78 is 0. The molecular weight excluding hydrogens is 224 g/mol. The van der Waals surface area contributed by atoms with Gasteiger partial charge in [0, 0.05) is 6.54 Å². The maximum atomic E-state index is 12.0. The van der Waals surface area contributed by atoms with Crippen molar-refractivity contribution in [3.8, 4) is 0 Å². The van der Waals surface area contributed by atoms with Crippen molar-refractivity contribution in [1.82, 2.24) is 10.6 Å². The monoisotopic (exact) mass is 248 g/mol. The fourth-order valence-electron chi connectivity index (χ4n) is 1.94. The van der Waals surface area contributed by atoms with Crippen LogP contribution in [-0.4, -0.2) is 24.5 Å². The molecule has 3 heteroatoms. The lowest BCUT2D eigenvalue weighted by molar-refractivity contribution is -0.126. The van der Waals surface area contributed by atoms with E-state index < -0.39 is 5.54 Å². The third-order valence-corrected chi connectivity index (χ3v) is 3.13. The Morgan fingerprint density at radius 2 is 1.94 bits per heavy atom. The normalized spacial score (nSPS) is 11.3. The molecule has 0 aliphatic heterocycles. The first-order chi connectivity index (χ1) is 8.47. The van der Waals surface area contributed by atoms with E-state index >= 15 is 0 Å². The summed E-state index contributed by atoms with van der Waals surface area (Å²) in [5.41, 5.74) is 2.07. The highest BCUT2D eigenvalue weighted by Gasteiger charge is 2.25. The first kappa shape index (κ1) is 14.7. The predicted molar refractivity (Wildman–Crippen MR) is 75.6 cm³/mol. The van der Waals surface area contributed by atoms with Gasteiger partial charge in [-0.1, -0.05) is 31.2 Å². The van der Waals surface area contributed by atoms with E-state index in [1.54, 1.807) is 0 Å². The molecule has 1 amide bonds. The Morgan fingerprint density at radius 3 is 2.56 bits per heavy atom. The summed E-state index contributed by atoms with van der Waals surface area (Å²) in [5.74, 6) is 0.0536. The molecule has 0 saturated heterocycles. The summed E-state index contributed by atoms with van der Waals surface area (Å²) in [6.07, 6.45) is 0.876. The molecule has 0 aliphatic rings. The van der Waals surface area contributed by atoms with Crippen LogP contribution in [0.15, 0.2) is 24.3 Å². The van der Waals surface area contributed by atoms with E-state index in [4.69, 9.17) is 0 Å². The Labute approximate surface area is 110 Å². The maximum Gasteiger partial charge on any atom is 0.239 e. The van der Waals surface area contributed by atoms with E-state index in [1.165, 1.54) is 11.1 Å². The number of benzene rings is 1. The average molecular weight is 248 g/mol. The molecule has 0 unspecified atom stereocenters. The second-order valence-electron chi connectivity index (χ2n) is 5.09. The minimum Gasteiger partial charge on any atom is -0.354 e. The standard InChI is InChI=1S/C15H24N2O/c1-5-17-15(3,4)14(18)16-11-10-13-9-7-6-8-12(13)2/h6-9,17H,5,10-11H2,1-4H3,(H,16,18). The summed E-state index contributed by atoms with van der Waals surface area (Å²) in [4.78, 5) is 12.0. The van der Waals surface area contributed by atoms with E-state index in [9.17, 15) is 4.79 Å². The molecular formula is C15H24N2O. The first-order valence-electron chi connectivity index (χ1n) is 6.55. The van der Waals surface area contributed by atoms with Crippen LogP contribution < -0.4 is 10.6 Å². The van der Waals surface area contributed by atoms with Crippen molar-refractivity contribution >= 4 is 5.91 Å². The van der Waals surface area contributed by atoms with E-state index in [-0.39, 0.29) is 5.91 Å². The van der Waals surface area contributed by atoms with Gasteiger partial charge in [-0.25, -0.2) is 0 Å². The molecule has 2 N–H and O–H groups in total. The van der Waals surface area contributed by atoms with E-state index in [2.05, 4.69) is 29.7 Å². The Balaban J connectivity index is 2.43. The van der Waals surface area contributed by atoms with Crippen LogP contribution in [0.4, 0.5) is 0 Å². The van der Waals surface area contributed by atoms with Gasteiger partial charge >= 0.3 is 0 Å². The van der Waals surface area contributed by atoms with Gasteiger partial charge in [-0.05, 0) is 44.9 Å². The van der Waals surface area contributed by atoms with E-state index in [0.717, 1.165) is 13.0 Å². The van der Waals surface area contributed by atoms with Gasteiger partial charge < -0.3 is 10.6 Å². The summed E-state index contributed by atoms with van der Waals surface area (Å²) in [6, 6.07) is 8.27. The van der Waals surface area contributed by atoms with Gasteiger partial charge in [0.25, 0.3) is 0 Å². The maximum absolute atomic E-state index is 12.0. The van der Waals surface area contributed by atoms with Crippen molar-refractivity contribution < 1.29 is 4.79 Å². The summed E-state index contributed by atoms with van der Waals surface area (Å²) >= 11 is 0. The Morgan fingerprint density at radius 1 is 1.28 bits per heavy atom. The minimum absolute atomic E-state index is 0.0536. The molecule has 100 valence electrons. The Hall–Kier alpha value is -1.35. The third-order valence-electron chi connectivity index (χ3n) is 3.13. The quantitative estimate of drug-likeness (QED) is 0.809. The van der Waals surface area contributed by atoms with Crippen molar-refractivity contribution in [1.29, 1.82) is 0 Å². The van der Waals surface area contributed by atoms with E-state index in [0.29, 0.717) is 6.54 Å². The molecule has 3 nitrogen and oxygen atoms in total. The number of amides is 1. The average Bonchev–Trinajstić information content (AvgIpc) is 2.31. The number of hydrogen-bond donors (Lipinski definition) is 2. The molecule has 0 bridgehead atoms.